The average Bonchev–Trinajstić information content (AvgIpc) is 3.37. The molecular weight excluding hydrogens is 416 g/mol. The molecule has 3 aromatic heterocycles. The summed E-state index contributed by atoms with van der Waals surface area (Å²) in [5.74, 6) is -1.38. The van der Waals surface area contributed by atoms with Crippen LogP contribution in [0.15, 0.2) is 30.6 Å². The Morgan fingerprint density at radius 3 is 2.72 bits per heavy atom. The van der Waals surface area contributed by atoms with Gasteiger partial charge in [-0.05, 0) is 26.0 Å². The smallest absolute Gasteiger partial charge is 0.239 e. The van der Waals surface area contributed by atoms with Gasteiger partial charge in [0.2, 0.25) is 5.91 Å². The number of imidazole rings is 1. The highest BCUT2D eigenvalue weighted by atomic mass is 19.1. The quantitative estimate of drug-likeness (QED) is 0.529. The first-order chi connectivity index (χ1) is 15.3. The van der Waals surface area contributed by atoms with Gasteiger partial charge in [0.05, 0.1) is 35.5 Å². The predicted molar refractivity (Wildman–Crippen MR) is 116 cm³/mol. The Bertz CT molecular complexity index is 1340. The molecule has 32 heavy (non-hydrogen) atoms. The minimum absolute atomic E-state index is 0.0205. The van der Waals surface area contributed by atoms with Crippen molar-refractivity contribution in [3.63, 3.8) is 0 Å². The number of nitrogens with zero attached hydrogens (tertiary/aromatic N) is 6. The molecule has 4 heterocycles. The monoisotopic (exact) mass is 439 g/mol. The molecule has 1 amide bonds. The fourth-order valence-electron chi connectivity index (χ4n) is 4.27. The van der Waals surface area contributed by atoms with Crippen LogP contribution in [0, 0.1) is 11.6 Å². The van der Waals surface area contributed by atoms with E-state index >= 15 is 8.78 Å². The minimum atomic E-state index is -0.649. The van der Waals surface area contributed by atoms with Gasteiger partial charge in [-0.1, -0.05) is 6.92 Å². The normalized spacial score (nSPS) is 15.7. The van der Waals surface area contributed by atoms with E-state index in [0.29, 0.717) is 35.8 Å². The van der Waals surface area contributed by atoms with Crippen LogP contribution in [0.1, 0.15) is 44.0 Å². The molecule has 5 rings (SSSR count). The van der Waals surface area contributed by atoms with Crippen LogP contribution in [0.25, 0.3) is 16.6 Å². The van der Waals surface area contributed by atoms with Crippen LogP contribution < -0.4 is 10.2 Å². The van der Waals surface area contributed by atoms with Crippen LogP contribution in [0.5, 0.6) is 0 Å². The number of fused-ring (bicyclic) bond motifs is 2. The minimum Gasteiger partial charge on any atom is -0.353 e. The zero-order chi connectivity index (χ0) is 22.6. The number of hydrogen-bond acceptors (Lipinski definition) is 5. The number of nitrogens with one attached hydrogen (secondary N) is 1. The SMILES string of the molecule is CC(c1c(F)cc2c(cnn2C(C)C)c1F)c1cnc2ccc(N3CCNC(=O)C3)nn12. The summed E-state index contributed by atoms with van der Waals surface area (Å²) in [5.41, 5.74) is 1.49. The molecule has 1 unspecified atom stereocenters. The van der Waals surface area contributed by atoms with Crippen molar-refractivity contribution in [2.75, 3.05) is 24.5 Å². The summed E-state index contributed by atoms with van der Waals surface area (Å²) in [7, 11) is 0. The van der Waals surface area contributed by atoms with Crippen LogP contribution in [-0.2, 0) is 4.79 Å². The van der Waals surface area contributed by atoms with Gasteiger partial charge >= 0.3 is 0 Å². The maximum atomic E-state index is 15.5. The summed E-state index contributed by atoms with van der Waals surface area (Å²) in [5, 5.41) is 11.9. The Morgan fingerprint density at radius 1 is 1.16 bits per heavy atom. The van der Waals surface area contributed by atoms with Crippen LogP contribution in [-0.4, -0.2) is 49.9 Å². The number of carbonyl (C=O) groups excluding carboxylic acids is 1. The number of hydrogen-bond donors (Lipinski definition) is 1. The molecule has 0 saturated carbocycles. The first-order valence-corrected chi connectivity index (χ1v) is 10.6. The van der Waals surface area contributed by atoms with E-state index in [2.05, 4.69) is 20.5 Å². The number of piperazine rings is 1. The zero-order valence-corrected chi connectivity index (χ0v) is 18.0. The fourth-order valence-corrected chi connectivity index (χ4v) is 4.27. The number of anilines is 1. The lowest BCUT2D eigenvalue weighted by atomic mass is 9.95. The van der Waals surface area contributed by atoms with E-state index in [1.165, 1.54) is 12.3 Å². The lowest BCUT2D eigenvalue weighted by Gasteiger charge is -2.27. The molecule has 166 valence electrons. The second kappa shape index (κ2) is 7.54. The highest BCUT2D eigenvalue weighted by molar-refractivity contribution is 5.82. The molecule has 0 radical (unpaired) electrons. The molecule has 0 aliphatic carbocycles. The van der Waals surface area contributed by atoms with Crippen molar-refractivity contribution in [3.8, 4) is 0 Å². The van der Waals surface area contributed by atoms with Gasteiger partial charge in [0.1, 0.15) is 17.5 Å². The predicted octanol–water partition coefficient (Wildman–Crippen LogP) is 3.03. The highest BCUT2D eigenvalue weighted by Gasteiger charge is 2.26. The molecule has 1 saturated heterocycles. The second-order valence-corrected chi connectivity index (χ2v) is 8.34. The van der Waals surface area contributed by atoms with Gasteiger partial charge in [0.25, 0.3) is 0 Å². The van der Waals surface area contributed by atoms with Crippen LogP contribution >= 0.6 is 0 Å². The van der Waals surface area contributed by atoms with Gasteiger partial charge in [0, 0.05) is 36.7 Å². The van der Waals surface area contributed by atoms with Gasteiger partial charge in [-0.15, -0.1) is 5.10 Å². The van der Waals surface area contributed by atoms with Gasteiger partial charge in [0.15, 0.2) is 5.65 Å². The first-order valence-electron chi connectivity index (χ1n) is 10.6. The van der Waals surface area contributed by atoms with Gasteiger partial charge < -0.3 is 10.2 Å². The molecule has 10 heteroatoms. The summed E-state index contributed by atoms with van der Waals surface area (Å²) >= 11 is 0. The van der Waals surface area contributed by atoms with Crippen LogP contribution in [0.3, 0.4) is 0 Å². The second-order valence-electron chi connectivity index (χ2n) is 8.34. The van der Waals surface area contributed by atoms with Gasteiger partial charge in [-0.3, -0.25) is 9.48 Å². The Hall–Kier alpha value is -3.56. The number of benzene rings is 1. The summed E-state index contributed by atoms with van der Waals surface area (Å²) in [6.45, 7) is 6.92. The average molecular weight is 439 g/mol. The van der Waals surface area contributed by atoms with E-state index in [0.717, 1.165) is 0 Å². The molecule has 1 aromatic carbocycles. The van der Waals surface area contributed by atoms with E-state index in [1.807, 2.05) is 18.7 Å². The Morgan fingerprint density at radius 2 is 1.97 bits per heavy atom. The zero-order valence-electron chi connectivity index (χ0n) is 18.0. The topological polar surface area (TPSA) is 80.3 Å². The van der Waals surface area contributed by atoms with Crippen molar-refractivity contribution < 1.29 is 13.6 Å². The standard InChI is InChI=1S/C22H23F2N7O/c1-12(2)30-16-8-15(23)21(22(24)14(16)9-27-30)13(3)17-10-26-18-4-5-19(28-31(17)18)29-7-6-25-20(32)11-29/h4-5,8-10,12-13H,6-7,11H2,1-3H3,(H,25,32). The number of rotatable bonds is 4. The third kappa shape index (κ3) is 3.17. The largest absolute Gasteiger partial charge is 0.353 e. The van der Waals surface area contributed by atoms with E-state index in [-0.39, 0.29) is 29.4 Å². The third-order valence-electron chi connectivity index (χ3n) is 5.93. The first kappa shape index (κ1) is 20.3. The van der Waals surface area contributed by atoms with E-state index < -0.39 is 17.6 Å². The van der Waals surface area contributed by atoms with E-state index in [1.54, 1.807) is 34.5 Å². The van der Waals surface area contributed by atoms with E-state index in [4.69, 9.17) is 0 Å². The van der Waals surface area contributed by atoms with Gasteiger partial charge in [-0.2, -0.15) is 5.10 Å². The lowest BCUT2D eigenvalue weighted by Crippen LogP contribution is -2.48. The Labute approximate surface area is 182 Å². The Balaban J connectivity index is 1.59. The third-order valence-corrected chi connectivity index (χ3v) is 5.93. The van der Waals surface area contributed by atoms with Crippen LogP contribution in [0.2, 0.25) is 0 Å². The molecule has 1 aliphatic rings. The fraction of sp³-hybridized carbons (Fsp3) is 0.364. The van der Waals surface area contributed by atoms with Crippen molar-refractivity contribution in [2.24, 2.45) is 0 Å². The summed E-state index contributed by atoms with van der Waals surface area (Å²) in [6, 6.07) is 4.90. The molecule has 1 N–H and O–H groups in total. The molecule has 4 aromatic rings. The molecule has 0 bridgehead atoms. The summed E-state index contributed by atoms with van der Waals surface area (Å²) in [6.07, 6.45) is 3.02. The maximum Gasteiger partial charge on any atom is 0.239 e. The molecule has 1 atom stereocenters. The van der Waals surface area contributed by atoms with E-state index in [9.17, 15) is 4.79 Å². The van der Waals surface area contributed by atoms with Crippen molar-refractivity contribution in [1.82, 2.24) is 29.7 Å². The van der Waals surface area contributed by atoms with Gasteiger partial charge in [-0.25, -0.2) is 18.3 Å². The summed E-state index contributed by atoms with van der Waals surface area (Å²) in [4.78, 5) is 18.0. The van der Waals surface area contributed by atoms with Crippen molar-refractivity contribution >= 4 is 28.3 Å². The number of carbonyl (C=O) groups is 1. The molecule has 8 nitrogen and oxygen atoms in total. The van der Waals surface area contributed by atoms with Crippen LogP contribution in [0.4, 0.5) is 14.6 Å². The molecule has 1 aliphatic heterocycles. The molecule has 0 spiro atoms. The number of amides is 1. The highest BCUT2D eigenvalue weighted by Crippen LogP contribution is 2.34. The molecular formula is C22H23F2N7O. The molecule has 1 fully saturated rings. The lowest BCUT2D eigenvalue weighted by molar-refractivity contribution is -0.120. The van der Waals surface area contributed by atoms with Crippen molar-refractivity contribution in [1.29, 1.82) is 0 Å². The van der Waals surface area contributed by atoms with Crippen molar-refractivity contribution in [3.05, 3.63) is 53.5 Å². The number of halogens is 2. The summed E-state index contributed by atoms with van der Waals surface area (Å²) < 4.78 is 33.8. The Kier molecular flexibility index (Phi) is 4.79. The van der Waals surface area contributed by atoms with Crippen molar-refractivity contribution in [2.45, 2.75) is 32.7 Å². The number of aromatic nitrogens is 5. The maximum absolute atomic E-state index is 15.5.